The molecule has 0 N–H and O–H groups in total. The first kappa shape index (κ1) is 23.6. The fourth-order valence-electron chi connectivity index (χ4n) is 3.92. The van der Waals surface area contributed by atoms with Gasteiger partial charge in [0.25, 0.3) is 0 Å². The van der Waals surface area contributed by atoms with E-state index in [1.165, 1.54) is 24.8 Å². The number of esters is 1. The summed E-state index contributed by atoms with van der Waals surface area (Å²) < 4.78 is 44.9. The Morgan fingerprint density at radius 3 is 2.09 bits per heavy atom. The minimum absolute atomic E-state index is 0.167. The Bertz CT molecular complexity index is 995. The Morgan fingerprint density at radius 2 is 1.44 bits per heavy atom. The lowest BCUT2D eigenvalue weighted by Gasteiger charge is -2.15. The summed E-state index contributed by atoms with van der Waals surface area (Å²) in [5.74, 6) is -0.414. The van der Waals surface area contributed by atoms with Crippen LogP contribution in [0.4, 0.5) is 13.2 Å². The predicted octanol–water partition coefficient (Wildman–Crippen LogP) is 7.12. The average molecular weight is 441 g/mol. The van der Waals surface area contributed by atoms with Crippen LogP contribution < -0.4 is 0 Å². The van der Waals surface area contributed by atoms with Crippen molar-refractivity contribution in [2.45, 2.75) is 38.3 Å². The normalized spacial score (nSPS) is 12.4. The number of carbonyl (C=O) groups is 1. The fraction of sp³-hybridized carbons (Fsp3) is 0.296. The van der Waals surface area contributed by atoms with E-state index >= 15 is 0 Å². The Morgan fingerprint density at radius 1 is 0.812 bits per heavy atom. The summed E-state index contributed by atoms with van der Waals surface area (Å²) in [5, 5.41) is 0. The van der Waals surface area contributed by atoms with E-state index in [1.54, 1.807) is 18.2 Å². The van der Waals surface area contributed by atoms with E-state index in [2.05, 4.69) is 12.1 Å². The van der Waals surface area contributed by atoms with Crippen molar-refractivity contribution in [3.8, 4) is 11.1 Å². The van der Waals surface area contributed by atoms with Gasteiger partial charge in [-0.25, -0.2) is 0 Å². The van der Waals surface area contributed by atoms with Crippen LogP contribution in [0.1, 0.15) is 36.0 Å². The second kappa shape index (κ2) is 11.0. The summed E-state index contributed by atoms with van der Waals surface area (Å²) in [6.45, 7) is 0. The zero-order valence-electron chi connectivity index (χ0n) is 18.1. The van der Waals surface area contributed by atoms with Crippen LogP contribution in [-0.2, 0) is 28.5 Å². The lowest BCUT2D eigenvalue weighted by Crippen LogP contribution is -2.17. The monoisotopic (exact) mass is 440 g/mol. The molecule has 3 aromatic carbocycles. The first-order valence-electron chi connectivity index (χ1n) is 10.8. The predicted molar refractivity (Wildman–Crippen MR) is 120 cm³/mol. The summed E-state index contributed by atoms with van der Waals surface area (Å²) >= 11 is 0. The molecule has 3 rings (SSSR count). The highest BCUT2D eigenvalue weighted by molar-refractivity contribution is 5.72. The first-order valence-corrected chi connectivity index (χ1v) is 10.8. The number of alkyl halides is 3. The Balaban J connectivity index is 1.62. The number of hydrogen-bond acceptors (Lipinski definition) is 2. The number of ether oxygens (including phenoxy) is 1. The second-order valence-electron chi connectivity index (χ2n) is 7.88. The van der Waals surface area contributed by atoms with E-state index in [0.717, 1.165) is 30.9 Å². The molecule has 0 aliphatic heterocycles. The van der Waals surface area contributed by atoms with E-state index < -0.39 is 11.7 Å². The van der Waals surface area contributed by atoms with Gasteiger partial charge in [-0.15, -0.1) is 0 Å². The van der Waals surface area contributed by atoms with Gasteiger partial charge in [-0.3, -0.25) is 4.79 Å². The van der Waals surface area contributed by atoms with Gasteiger partial charge < -0.3 is 4.74 Å². The maximum absolute atomic E-state index is 13.3. The van der Waals surface area contributed by atoms with Crippen LogP contribution in [0.25, 0.3) is 11.1 Å². The van der Waals surface area contributed by atoms with Crippen molar-refractivity contribution in [1.82, 2.24) is 0 Å². The molecule has 0 aliphatic carbocycles. The van der Waals surface area contributed by atoms with Gasteiger partial charge in [0.05, 0.1) is 18.6 Å². The lowest BCUT2D eigenvalue weighted by atomic mass is 9.92. The molecular weight excluding hydrogens is 413 g/mol. The molecule has 0 spiro atoms. The second-order valence-corrected chi connectivity index (χ2v) is 7.88. The van der Waals surface area contributed by atoms with Crippen molar-refractivity contribution in [3.63, 3.8) is 0 Å². The Labute approximate surface area is 187 Å². The SMILES string of the molecule is COC(=O)C(CCCc1ccccc1)CCc1ccc(-c2ccccc2C(F)(F)F)cc1. The van der Waals surface area contributed by atoms with Crippen molar-refractivity contribution < 1.29 is 22.7 Å². The number of aryl methyl sites for hydroxylation is 2. The van der Waals surface area contributed by atoms with Crippen molar-refractivity contribution in [3.05, 3.63) is 95.6 Å². The molecule has 1 unspecified atom stereocenters. The van der Waals surface area contributed by atoms with E-state index in [0.29, 0.717) is 18.4 Å². The highest BCUT2D eigenvalue weighted by Gasteiger charge is 2.33. The molecule has 32 heavy (non-hydrogen) atoms. The van der Waals surface area contributed by atoms with Crippen molar-refractivity contribution in [2.75, 3.05) is 7.11 Å². The third-order valence-electron chi connectivity index (χ3n) is 5.67. The Kier molecular flexibility index (Phi) is 8.09. The Hall–Kier alpha value is -3.08. The fourth-order valence-corrected chi connectivity index (χ4v) is 3.92. The van der Waals surface area contributed by atoms with Gasteiger partial charge in [0, 0.05) is 0 Å². The van der Waals surface area contributed by atoms with E-state index in [1.807, 2.05) is 30.3 Å². The molecule has 0 fully saturated rings. The summed E-state index contributed by atoms with van der Waals surface area (Å²) in [4.78, 5) is 12.2. The van der Waals surface area contributed by atoms with Crippen LogP contribution >= 0.6 is 0 Å². The third kappa shape index (κ3) is 6.46. The van der Waals surface area contributed by atoms with Crippen LogP contribution in [-0.4, -0.2) is 13.1 Å². The minimum atomic E-state index is -4.40. The number of methoxy groups -OCH3 is 1. The molecule has 0 amide bonds. The van der Waals surface area contributed by atoms with E-state index in [-0.39, 0.29) is 17.5 Å². The van der Waals surface area contributed by atoms with Gasteiger partial charge in [0.2, 0.25) is 0 Å². The van der Waals surface area contributed by atoms with E-state index in [4.69, 9.17) is 4.74 Å². The molecule has 3 aromatic rings. The third-order valence-corrected chi connectivity index (χ3v) is 5.67. The maximum atomic E-state index is 13.3. The number of hydrogen-bond donors (Lipinski definition) is 0. The van der Waals surface area contributed by atoms with Crippen molar-refractivity contribution in [2.24, 2.45) is 5.92 Å². The molecule has 0 bridgehead atoms. The quantitative estimate of drug-likeness (QED) is 0.331. The number of halogens is 3. The molecule has 0 radical (unpaired) electrons. The van der Waals surface area contributed by atoms with Gasteiger partial charge >= 0.3 is 12.1 Å². The van der Waals surface area contributed by atoms with Gasteiger partial charge in [-0.05, 0) is 60.4 Å². The summed E-state index contributed by atoms with van der Waals surface area (Å²) in [6.07, 6.45) is -0.577. The standard InChI is InChI=1S/C27H27F3O2/c1-32-26(31)23(11-7-10-20-8-3-2-4-9-20)19-16-21-14-17-22(18-15-21)24-12-5-6-13-25(24)27(28,29)30/h2-6,8-9,12-15,17-18,23H,7,10-11,16,19H2,1H3. The summed E-state index contributed by atoms with van der Waals surface area (Å²) in [5.41, 5.74) is 2.27. The van der Waals surface area contributed by atoms with Gasteiger partial charge in [0.15, 0.2) is 0 Å². The lowest BCUT2D eigenvalue weighted by molar-refractivity contribution is -0.146. The van der Waals surface area contributed by atoms with Gasteiger partial charge in [0.1, 0.15) is 0 Å². The van der Waals surface area contributed by atoms with Gasteiger partial charge in [-0.2, -0.15) is 13.2 Å². The molecule has 0 aromatic heterocycles. The highest BCUT2D eigenvalue weighted by atomic mass is 19.4. The highest BCUT2D eigenvalue weighted by Crippen LogP contribution is 2.37. The summed E-state index contributed by atoms with van der Waals surface area (Å²) in [7, 11) is 1.40. The van der Waals surface area contributed by atoms with Crippen molar-refractivity contribution >= 4 is 5.97 Å². The van der Waals surface area contributed by atoms with E-state index in [9.17, 15) is 18.0 Å². The molecular formula is C27H27F3O2. The van der Waals surface area contributed by atoms with Crippen LogP contribution in [0.2, 0.25) is 0 Å². The van der Waals surface area contributed by atoms with Crippen LogP contribution in [0, 0.1) is 5.92 Å². The molecule has 1 atom stereocenters. The molecule has 2 nitrogen and oxygen atoms in total. The molecule has 168 valence electrons. The van der Waals surface area contributed by atoms with Crippen LogP contribution in [0.5, 0.6) is 0 Å². The summed E-state index contributed by atoms with van der Waals surface area (Å²) in [6, 6.07) is 22.8. The largest absolute Gasteiger partial charge is 0.469 e. The zero-order chi connectivity index (χ0) is 23.0. The van der Waals surface area contributed by atoms with Crippen molar-refractivity contribution in [1.29, 1.82) is 0 Å². The van der Waals surface area contributed by atoms with Crippen LogP contribution in [0.15, 0.2) is 78.9 Å². The molecule has 0 aliphatic rings. The number of carbonyl (C=O) groups excluding carboxylic acids is 1. The zero-order valence-corrected chi connectivity index (χ0v) is 18.1. The molecule has 5 heteroatoms. The topological polar surface area (TPSA) is 26.3 Å². The molecule has 0 saturated heterocycles. The molecule has 0 saturated carbocycles. The first-order chi connectivity index (χ1) is 15.4. The molecule has 0 heterocycles. The smallest absolute Gasteiger partial charge is 0.417 e. The number of benzene rings is 3. The number of rotatable bonds is 9. The van der Waals surface area contributed by atoms with Gasteiger partial charge in [-0.1, -0.05) is 72.8 Å². The van der Waals surface area contributed by atoms with Crippen LogP contribution in [0.3, 0.4) is 0 Å². The maximum Gasteiger partial charge on any atom is 0.417 e. The minimum Gasteiger partial charge on any atom is -0.469 e. The average Bonchev–Trinajstić information content (AvgIpc) is 2.81.